The molecule has 2 aromatic rings. The number of carbonyl (C=O) groups excluding carboxylic acids is 1. The number of hydrogen-bond acceptors (Lipinski definition) is 4. The van der Waals surface area contributed by atoms with E-state index in [2.05, 4.69) is 20.8 Å². The number of aromatic nitrogens is 2. The molecule has 0 aliphatic heterocycles. The molecule has 0 unspecified atom stereocenters. The molecule has 0 saturated heterocycles. The van der Waals surface area contributed by atoms with Gasteiger partial charge in [0, 0.05) is 24.0 Å². The quantitative estimate of drug-likeness (QED) is 0.871. The lowest BCUT2D eigenvalue weighted by molar-refractivity contribution is 0.0957. The lowest BCUT2D eigenvalue weighted by Gasteiger charge is -2.42. The van der Waals surface area contributed by atoms with Crippen molar-refractivity contribution in [3.05, 3.63) is 52.4 Å². The second-order valence-electron chi connectivity index (χ2n) is 6.03. The molecular weight excluding hydrogens is 331 g/mol. The van der Waals surface area contributed by atoms with E-state index in [0.717, 1.165) is 24.8 Å². The van der Waals surface area contributed by atoms with E-state index in [4.69, 9.17) is 11.6 Å². The van der Waals surface area contributed by atoms with Crippen molar-refractivity contribution in [2.24, 2.45) is 0 Å². The molecule has 1 aromatic heterocycles. The van der Waals surface area contributed by atoms with E-state index in [1.54, 1.807) is 25.2 Å². The molecule has 0 bridgehead atoms. The fourth-order valence-corrected chi connectivity index (χ4v) is 3.19. The zero-order valence-corrected chi connectivity index (χ0v) is 14.0. The summed E-state index contributed by atoms with van der Waals surface area (Å²) in [7, 11) is 1.54. The van der Waals surface area contributed by atoms with E-state index in [9.17, 15) is 9.18 Å². The van der Waals surface area contributed by atoms with Crippen molar-refractivity contribution in [1.29, 1.82) is 0 Å². The minimum Gasteiger partial charge on any atom is -0.368 e. The number of halogens is 2. The number of amides is 1. The summed E-state index contributed by atoms with van der Waals surface area (Å²) >= 11 is 5.99. The molecule has 0 atom stereocenters. The van der Waals surface area contributed by atoms with Crippen LogP contribution in [0.4, 0.5) is 10.2 Å². The molecule has 1 heterocycles. The molecule has 0 spiro atoms. The van der Waals surface area contributed by atoms with E-state index in [1.807, 2.05) is 6.07 Å². The second kappa shape index (κ2) is 6.73. The molecule has 1 aliphatic carbocycles. The molecule has 2 N–H and O–H groups in total. The molecule has 3 rings (SSSR count). The van der Waals surface area contributed by atoms with Gasteiger partial charge in [-0.15, -0.1) is 10.2 Å². The predicted molar refractivity (Wildman–Crippen MR) is 90.9 cm³/mol. The lowest BCUT2D eigenvalue weighted by Crippen LogP contribution is -2.41. The smallest absolute Gasteiger partial charge is 0.271 e. The summed E-state index contributed by atoms with van der Waals surface area (Å²) in [6.07, 6.45) is 3.02. The van der Waals surface area contributed by atoms with Gasteiger partial charge in [-0.3, -0.25) is 4.79 Å². The van der Waals surface area contributed by atoms with Gasteiger partial charge in [0.25, 0.3) is 5.91 Å². The maximum atomic E-state index is 13.7. The Bertz CT molecular complexity index is 727. The first-order valence-corrected chi connectivity index (χ1v) is 8.16. The van der Waals surface area contributed by atoms with Gasteiger partial charge >= 0.3 is 0 Å². The first-order chi connectivity index (χ1) is 11.5. The van der Waals surface area contributed by atoms with Crippen LogP contribution in [0.1, 0.15) is 35.3 Å². The Morgan fingerprint density at radius 3 is 2.62 bits per heavy atom. The molecule has 7 heteroatoms. The molecule has 0 radical (unpaired) electrons. The van der Waals surface area contributed by atoms with Gasteiger partial charge in [0.1, 0.15) is 11.6 Å². The van der Waals surface area contributed by atoms with E-state index >= 15 is 0 Å². The Balaban J connectivity index is 1.73. The largest absolute Gasteiger partial charge is 0.368 e. The van der Waals surface area contributed by atoms with Crippen LogP contribution in [0.5, 0.6) is 0 Å². The van der Waals surface area contributed by atoms with Crippen LogP contribution in [-0.4, -0.2) is 29.7 Å². The lowest BCUT2D eigenvalue weighted by atomic mass is 9.64. The van der Waals surface area contributed by atoms with Gasteiger partial charge < -0.3 is 10.6 Å². The number of nitrogens with zero attached hydrogens (tertiary/aromatic N) is 2. The first kappa shape index (κ1) is 16.6. The van der Waals surface area contributed by atoms with E-state index in [1.165, 1.54) is 6.07 Å². The Morgan fingerprint density at radius 2 is 2.08 bits per heavy atom. The van der Waals surface area contributed by atoms with Gasteiger partial charge in [-0.1, -0.05) is 18.0 Å². The third-order valence-corrected chi connectivity index (χ3v) is 4.74. The van der Waals surface area contributed by atoms with E-state index in [0.29, 0.717) is 17.4 Å². The van der Waals surface area contributed by atoms with Gasteiger partial charge in [-0.2, -0.15) is 0 Å². The van der Waals surface area contributed by atoms with Crippen LogP contribution in [0, 0.1) is 5.82 Å². The summed E-state index contributed by atoms with van der Waals surface area (Å²) in [6, 6.07) is 8.01. The fourth-order valence-electron chi connectivity index (χ4n) is 2.97. The predicted octanol–water partition coefficient (Wildman–Crippen LogP) is 3.16. The molecule has 1 saturated carbocycles. The van der Waals surface area contributed by atoms with E-state index in [-0.39, 0.29) is 22.8 Å². The number of benzene rings is 1. The molecule has 1 aromatic carbocycles. The van der Waals surface area contributed by atoms with Crippen molar-refractivity contribution in [2.75, 3.05) is 18.9 Å². The summed E-state index contributed by atoms with van der Waals surface area (Å²) in [4.78, 5) is 11.5. The normalized spacial score (nSPS) is 15.5. The second-order valence-corrected chi connectivity index (χ2v) is 6.46. The minimum absolute atomic E-state index is 0.146. The topological polar surface area (TPSA) is 66.9 Å². The molecule has 1 aliphatic rings. The van der Waals surface area contributed by atoms with Gasteiger partial charge in [-0.25, -0.2) is 4.39 Å². The van der Waals surface area contributed by atoms with Gasteiger partial charge in [0.15, 0.2) is 5.69 Å². The maximum absolute atomic E-state index is 13.7. The van der Waals surface area contributed by atoms with Crippen molar-refractivity contribution in [3.63, 3.8) is 0 Å². The number of carbonyl (C=O) groups is 1. The Morgan fingerprint density at radius 1 is 1.29 bits per heavy atom. The number of anilines is 1. The number of nitrogens with one attached hydrogen (secondary N) is 2. The highest BCUT2D eigenvalue weighted by molar-refractivity contribution is 6.30. The van der Waals surface area contributed by atoms with Crippen LogP contribution in [0.3, 0.4) is 0 Å². The minimum atomic E-state index is -0.321. The van der Waals surface area contributed by atoms with Gasteiger partial charge in [-0.05, 0) is 48.7 Å². The average molecular weight is 349 g/mol. The summed E-state index contributed by atoms with van der Waals surface area (Å²) < 4.78 is 13.7. The highest BCUT2D eigenvalue weighted by Gasteiger charge is 2.39. The highest BCUT2D eigenvalue weighted by Crippen LogP contribution is 2.44. The monoisotopic (exact) mass is 348 g/mol. The van der Waals surface area contributed by atoms with Crippen LogP contribution >= 0.6 is 11.6 Å². The SMILES string of the molecule is CNC(=O)c1ccc(NCC2(c3cc(F)cc(Cl)c3)CCC2)nn1. The Hall–Kier alpha value is -2.21. The van der Waals surface area contributed by atoms with Crippen LogP contribution in [0.25, 0.3) is 0 Å². The van der Waals surface area contributed by atoms with Crippen LogP contribution in [0.2, 0.25) is 5.02 Å². The average Bonchev–Trinajstić information content (AvgIpc) is 2.53. The number of hydrogen-bond donors (Lipinski definition) is 2. The summed E-state index contributed by atoms with van der Waals surface area (Å²) in [6.45, 7) is 0.612. The van der Waals surface area contributed by atoms with Crippen LogP contribution in [0.15, 0.2) is 30.3 Å². The molecular formula is C17H18ClFN4O. The van der Waals surface area contributed by atoms with Crippen molar-refractivity contribution in [3.8, 4) is 0 Å². The van der Waals surface area contributed by atoms with Crippen molar-refractivity contribution < 1.29 is 9.18 Å². The van der Waals surface area contributed by atoms with Crippen LogP contribution < -0.4 is 10.6 Å². The Labute approximate surface area is 144 Å². The fraction of sp³-hybridized carbons (Fsp3) is 0.353. The van der Waals surface area contributed by atoms with Crippen molar-refractivity contribution in [1.82, 2.24) is 15.5 Å². The number of rotatable bonds is 5. The Kier molecular flexibility index (Phi) is 4.66. The summed E-state index contributed by atoms with van der Waals surface area (Å²) in [5.41, 5.74) is 1.02. The molecule has 1 fully saturated rings. The third-order valence-electron chi connectivity index (χ3n) is 4.52. The molecule has 126 valence electrons. The molecule has 1 amide bonds. The zero-order valence-electron chi connectivity index (χ0n) is 13.3. The van der Waals surface area contributed by atoms with Crippen LogP contribution in [-0.2, 0) is 5.41 Å². The molecule has 24 heavy (non-hydrogen) atoms. The third kappa shape index (κ3) is 3.33. The highest BCUT2D eigenvalue weighted by atomic mass is 35.5. The van der Waals surface area contributed by atoms with Crippen molar-refractivity contribution in [2.45, 2.75) is 24.7 Å². The summed E-state index contributed by atoms with van der Waals surface area (Å²) in [5, 5.41) is 14.0. The van der Waals surface area contributed by atoms with Gasteiger partial charge in [0.2, 0.25) is 0 Å². The maximum Gasteiger partial charge on any atom is 0.271 e. The standard InChI is InChI=1S/C17H18ClFN4O/c1-20-16(24)14-3-4-15(23-22-14)21-10-17(5-2-6-17)11-7-12(18)9-13(19)8-11/h3-4,7-9H,2,5-6,10H2,1H3,(H,20,24)(H,21,23). The summed E-state index contributed by atoms with van der Waals surface area (Å²) in [5.74, 6) is -0.0196. The molecule has 5 nitrogen and oxygen atoms in total. The first-order valence-electron chi connectivity index (χ1n) is 7.79. The van der Waals surface area contributed by atoms with E-state index < -0.39 is 0 Å². The van der Waals surface area contributed by atoms with Crippen molar-refractivity contribution >= 4 is 23.3 Å². The zero-order chi connectivity index (χ0) is 17.2. The van der Waals surface area contributed by atoms with Gasteiger partial charge in [0.05, 0.1) is 0 Å².